The second-order valence-corrected chi connectivity index (χ2v) is 5.08. The van der Waals surface area contributed by atoms with Gasteiger partial charge in [0.05, 0.1) is 11.1 Å². The molecule has 0 aliphatic rings. The summed E-state index contributed by atoms with van der Waals surface area (Å²) in [4.78, 5) is 22.4. The normalized spacial score (nSPS) is 11.2. The average molecular weight is 259 g/mol. The molecule has 1 heterocycles. The molecule has 1 aromatic heterocycles. The molecular weight excluding hydrogens is 242 g/mol. The van der Waals surface area contributed by atoms with Gasteiger partial charge in [0.2, 0.25) is 0 Å². The molecule has 0 bridgehead atoms. The van der Waals surface area contributed by atoms with Gasteiger partial charge in [0, 0.05) is 22.7 Å². The highest BCUT2D eigenvalue weighted by molar-refractivity contribution is 6.04. The van der Waals surface area contributed by atoms with E-state index in [0.717, 1.165) is 28.4 Å². The first kappa shape index (κ1) is 13.3. The maximum Gasteiger partial charge on any atom is 0.335 e. The number of fused-ring (bicyclic) bond motifs is 1. The largest absolute Gasteiger partial charge is 0.478 e. The third kappa shape index (κ3) is 1.93. The highest BCUT2D eigenvalue weighted by atomic mass is 16.4. The summed E-state index contributed by atoms with van der Waals surface area (Å²) in [5, 5.41) is 9.84. The van der Waals surface area contributed by atoms with Crippen molar-refractivity contribution in [2.24, 2.45) is 0 Å². The fraction of sp³-hybridized carbons (Fsp3) is 0.333. The van der Waals surface area contributed by atoms with Crippen molar-refractivity contribution in [1.29, 1.82) is 0 Å². The third-order valence-corrected chi connectivity index (χ3v) is 3.46. The smallest absolute Gasteiger partial charge is 0.335 e. The maximum atomic E-state index is 11.3. The van der Waals surface area contributed by atoms with Crippen LogP contribution in [0.15, 0.2) is 12.1 Å². The van der Waals surface area contributed by atoms with Gasteiger partial charge in [-0.15, -0.1) is 0 Å². The van der Waals surface area contributed by atoms with E-state index in [1.807, 2.05) is 27.7 Å². The number of aromatic nitrogens is 1. The van der Waals surface area contributed by atoms with Crippen molar-refractivity contribution in [1.82, 2.24) is 4.57 Å². The molecular formula is C15H17NO3. The van der Waals surface area contributed by atoms with Gasteiger partial charge in [0.25, 0.3) is 0 Å². The number of hydrogen-bond acceptors (Lipinski definition) is 2. The summed E-state index contributed by atoms with van der Waals surface area (Å²) in [5.41, 5.74) is 3.49. The Hall–Kier alpha value is -2.10. The highest BCUT2D eigenvalue weighted by Gasteiger charge is 2.19. The van der Waals surface area contributed by atoms with Crippen LogP contribution < -0.4 is 0 Å². The van der Waals surface area contributed by atoms with Crippen LogP contribution in [0.25, 0.3) is 10.9 Å². The van der Waals surface area contributed by atoms with Gasteiger partial charge >= 0.3 is 5.97 Å². The molecule has 1 aromatic carbocycles. The van der Waals surface area contributed by atoms with E-state index in [1.54, 1.807) is 12.1 Å². The predicted molar refractivity (Wildman–Crippen MR) is 74.1 cm³/mol. The van der Waals surface area contributed by atoms with E-state index in [9.17, 15) is 9.59 Å². The Morgan fingerprint density at radius 2 is 1.95 bits per heavy atom. The Morgan fingerprint density at radius 3 is 2.42 bits per heavy atom. The summed E-state index contributed by atoms with van der Waals surface area (Å²) in [6.07, 6.45) is 0.807. The molecule has 0 fully saturated rings. The molecule has 100 valence electrons. The number of aryl methyl sites for hydroxylation is 1. The van der Waals surface area contributed by atoms with Crippen molar-refractivity contribution in [3.8, 4) is 0 Å². The van der Waals surface area contributed by atoms with Crippen molar-refractivity contribution >= 4 is 23.2 Å². The van der Waals surface area contributed by atoms with Crippen molar-refractivity contribution in [3.05, 3.63) is 34.5 Å². The van der Waals surface area contributed by atoms with Crippen LogP contribution in [0.1, 0.15) is 51.9 Å². The molecule has 0 unspecified atom stereocenters. The molecule has 2 aromatic rings. The zero-order valence-electron chi connectivity index (χ0n) is 11.5. The summed E-state index contributed by atoms with van der Waals surface area (Å²) in [6, 6.07) is 3.45. The Balaban J connectivity index is 2.97. The number of rotatable bonds is 3. The van der Waals surface area contributed by atoms with Crippen molar-refractivity contribution in [3.63, 3.8) is 0 Å². The number of nitrogens with zero attached hydrogens (tertiary/aromatic N) is 1. The summed E-state index contributed by atoms with van der Waals surface area (Å²) in [5.74, 6) is -0.975. The molecule has 0 radical (unpaired) electrons. The summed E-state index contributed by atoms with van der Waals surface area (Å²) >= 11 is 0. The fourth-order valence-corrected chi connectivity index (χ4v) is 2.71. The first-order chi connectivity index (χ1) is 8.88. The second-order valence-electron chi connectivity index (χ2n) is 5.08. The summed E-state index contributed by atoms with van der Waals surface area (Å²) in [6.45, 7) is 7.86. The fourth-order valence-electron chi connectivity index (χ4n) is 2.71. The zero-order valence-corrected chi connectivity index (χ0v) is 11.5. The number of benzene rings is 1. The average Bonchev–Trinajstić information content (AvgIpc) is 2.61. The van der Waals surface area contributed by atoms with Crippen LogP contribution in [0, 0.1) is 13.8 Å². The number of carbonyl (C=O) groups is 2. The number of carboxylic acid groups (broad SMARTS) is 1. The molecule has 2 rings (SSSR count). The maximum absolute atomic E-state index is 11.3. The Kier molecular flexibility index (Phi) is 3.18. The van der Waals surface area contributed by atoms with Gasteiger partial charge in [-0.25, -0.2) is 4.79 Å². The lowest BCUT2D eigenvalue weighted by Crippen LogP contribution is -2.04. The van der Waals surface area contributed by atoms with Crippen LogP contribution in [-0.4, -0.2) is 21.9 Å². The first-order valence-electron chi connectivity index (χ1n) is 6.22. The zero-order chi connectivity index (χ0) is 14.3. The van der Waals surface area contributed by atoms with Gasteiger partial charge in [0.15, 0.2) is 6.29 Å². The van der Waals surface area contributed by atoms with Crippen LogP contribution in [-0.2, 0) is 0 Å². The minimum atomic E-state index is -0.975. The van der Waals surface area contributed by atoms with Crippen molar-refractivity contribution in [2.45, 2.75) is 33.7 Å². The first-order valence-corrected chi connectivity index (χ1v) is 6.22. The van der Waals surface area contributed by atoms with Gasteiger partial charge in [-0.1, -0.05) is 0 Å². The van der Waals surface area contributed by atoms with Crippen LogP contribution in [0.2, 0.25) is 0 Å². The number of carboxylic acids is 1. The Labute approximate surface area is 111 Å². The van der Waals surface area contributed by atoms with E-state index < -0.39 is 5.97 Å². The van der Waals surface area contributed by atoms with Crippen LogP contribution in [0.5, 0.6) is 0 Å². The molecule has 4 heteroatoms. The van der Waals surface area contributed by atoms with Crippen LogP contribution in [0.4, 0.5) is 0 Å². The van der Waals surface area contributed by atoms with Gasteiger partial charge in [-0.2, -0.15) is 0 Å². The van der Waals surface area contributed by atoms with Gasteiger partial charge in [-0.3, -0.25) is 4.79 Å². The summed E-state index contributed by atoms with van der Waals surface area (Å²) in [7, 11) is 0. The van der Waals surface area contributed by atoms with E-state index in [4.69, 9.17) is 5.11 Å². The van der Waals surface area contributed by atoms with Gasteiger partial charge < -0.3 is 9.67 Å². The number of aromatic carboxylic acids is 1. The van der Waals surface area contributed by atoms with E-state index in [-0.39, 0.29) is 11.6 Å². The van der Waals surface area contributed by atoms with Gasteiger partial charge in [0.1, 0.15) is 0 Å². The molecule has 0 aliphatic heterocycles. The number of aldehydes is 1. The molecule has 0 saturated heterocycles. The number of carbonyl (C=O) groups excluding carboxylic acids is 1. The monoisotopic (exact) mass is 259 g/mol. The van der Waals surface area contributed by atoms with E-state index >= 15 is 0 Å². The number of hydrogen-bond donors (Lipinski definition) is 1. The Bertz CT molecular complexity index is 680. The topological polar surface area (TPSA) is 59.3 Å². The lowest BCUT2D eigenvalue weighted by Gasteiger charge is -2.14. The van der Waals surface area contributed by atoms with Crippen molar-refractivity contribution in [2.75, 3.05) is 0 Å². The molecule has 0 amide bonds. The third-order valence-electron chi connectivity index (χ3n) is 3.46. The van der Waals surface area contributed by atoms with Crippen molar-refractivity contribution < 1.29 is 14.7 Å². The lowest BCUT2D eigenvalue weighted by atomic mass is 10.0. The Morgan fingerprint density at radius 1 is 1.32 bits per heavy atom. The quantitative estimate of drug-likeness (QED) is 0.860. The SMILES string of the molecule is Cc1cc(C(=O)O)cc2c(C=O)c(C)n(C(C)C)c12. The molecule has 0 aliphatic carbocycles. The molecule has 0 saturated carbocycles. The minimum Gasteiger partial charge on any atom is -0.478 e. The molecule has 19 heavy (non-hydrogen) atoms. The van der Waals surface area contributed by atoms with E-state index in [2.05, 4.69) is 4.57 Å². The predicted octanol–water partition coefficient (Wildman–Crippen LogP) is 3.35. The molecule has 1 N–H and O–H groups in total. The standard InChI is InChI=1S/C15H17NO3/c1-8(2)16-10(4)13(7-17)12-6-11(15(18)19)5-9(3)14(12)16/h5-8H,1-4H3,(H,18,19). The highest BCUT2D eigenvalue weighted by Crippen LogP contribution is 2.31. The van der Waals surface area contributed by atoms with E-state index in [0.29, 0.717) is 5.56 Å². The van der Waals surface area contributed by atoms with Crippen LogP contribution in [0.3, 0.4) is 0 Å². The lowest BCUT2D eigenvalue weighted by molar-refractivity contribution is 0.0696. The molecule has 0 atom stereocenters. The minimum absolute atomic E-state index is 0.213. The van der Waals surface area contributed by atoms with Crippen LogP contribution >= 0.6 is 0 Å². The molecule has 0 spiro atoms. The van der Waals surface area contributed by atoms with E-state index in [1.165, 1.54) is 0 Å². The summed E-state index contributed by atoms with van der Waals surface area (Å²) < 4.78 is 2.08. The van der Waals surface area contributed by atoms with Gasteiger partial charge in [-0.05, 0) is 45.4 Å². The second kappa shape index (κ2) is 4.53. The molecule has 4 nitrogen and oxygen atoms in total.